The van der Waals surface area contributed by atoms with Gasteiger partial charge in [0.15, 0.2) is 0 Å². The summed E-state index contributed by atoms with van der Waals surface area (Å²) in [6, 6.07) is 6.32. The van der Waals surface area contributed by atoms with E-state index >= 15 is 0 Å². The van der Waals surface area contributed by atoms with Crippen molar-refractivity contribution in [3.05, 3.63) is 34.9 Å². The van der Waals surface area contributed by atoms with Crippen LogP contribution in [0.25, 0.3) is 0 Å². The molecule has 1 saturated heterocycles. The molecule has 1 aliphatic rings. The average Bonchev–Trinajstić information content (AvgIpc) is 2.50. The number of benzene rings is 1. The zero-order valence-electron chi connectivity index (χ0n) is 11.7. The number of carbonyl (C=O) groups excluding carboxylic acids is 3. The summed E-state index contributed by atoms with van der Waals surface area (Å²) in [5.74, 6) is -0.495. The summed E-state index contributed by atoms with van der Waals surface area (Å²) in [6.07, 6.45) is -0.286. The van der Waals surface area contributed by atoms with E-state index in [1.165, 1.54) is 0 Å². The smallest absolute Gasteiger partial charge is 0.407 e. The minimum Gasteiger partial charge on any atom is -0.445 e. The Kier molecular flexibility index (Phi) is 5.60. The molecule has 0 bridgehead atoms. The minimum atomic E-state index is -0.627. The zero-order chi connectivity index (χ0) is 15.9. The largest absolute Gasteiger partial charge is 0.445 e. The van der Waals surface area contributed by atoms with Crippen LogP contribution in [0.15, 0.2) is 24.3 Å². The van der Waals surface area contributed by atoms with Crippen molar-refractivity contribution in [3.8, 4) is 0 Å². The van der Waals surface area contributed by atoms with Crippen LogP contribution in [0.5, 0.6) is 0 Å². The molecule has 1 atom stereocenters. The summed E-state index contributed by atoms with van der Waals surface area (Å²) in [4.78, 5) is 34.1. The Labute approximate surface area is 132 Å². The lowest BCUT2D eigenvalue weighted by atomic mass is 10.1. The molecule has 22 heavy (non-hydrogen) atoms. The number of alkyl carbamates (subject to hydrolysis) is 1. The SMILES string of the molecule is O=C1CNC(=O)C(CCNC(=O)OCc2ccc(Cl)cc2)N1. The first kappa shape index (κ1) is 16.1. The van der Waals surface area contributed by atoms with Gasteiger partial charge in [0.1, 0.15) is 12.6 Å². The number of halogens is 1. The summed E-state index contributed by atoms with van der Waals surface area (Å²) in [5, 5.41) is 8.15. The third-order valence-corrected chi connectivity index (χ3v) is 3.31. The Balaban J connectivity index is 1.66. The number of amides is 3. The van der Waals surface area contributed by atoms with E-state index in [1.807, 2.05) is 0 Å². The van der Waals surface area contributed by atoms with Gasteiger partial charge in [-0.3, -0.25) is 9.59 Å². The summed E-state index contributed by atoms with van der Waals surface area (Å²) >= 11 is 5.76. The first-order valence-electron chi connectivity index (χ1n) is 6.77. The number of hydrogen-bond donors (Lipinski definition) is 3. The predicted octanol–water partition coefficient (Wildman–Crippen LogP) is 0.571. The highest BCUT2D eigenvalue weighted by molar-refractivity contribution is 6.30. The van der Waals surface area contributed by atoms with Crippen molar-refractivity contribution in [1.29, 1.82) is 0 Å². The second-order valence-corrected chi connectivity index (χ2v) is 5.19. The monoisotopic (exact) mass is 325 g/mol. The molecular weight excluding hydrogens is 310 g/mol. The Morgan fingerprint density at radius 2 is 2.05 bits per heavy atom. The van der Waals surface area contributed by atoms with Gasteiger partial charge in [0.25, 0.3) is 0 Å². The third-order valence-electron chi connectivity index (χ3n) is 3.06. The Hall–Kier alpha value is -2.28. The van der Waals surface area contributed by atoms with Crippen LogP contribution in [0.2, 0.25) is 5.02 Å². The molecule has 118 valence electrons. The molecule has 0 radical (unpaired) electrons. The molecule has 2 rings (SSSR count). The van der Waals surface area contributed by atoms with Crippen LogP contribution < -0.4 is 16.0 Å². The summed E-state index contributed by atoms with van der Waals surface area (Å²) in [5.41, 5.74) is 0.818. The van der Waals surface area contributed by atoms with E-state index < -0.39 is 12.1 Å². The van der Waals surface area contributed by atoms with Crippen molar-refractivity contribution >= 4 is 29.5 Å². The fourth-order valence-corrected chi connectivity index (χ4v) is 2.03. The summed E-state index contributed by atoms with van der Waals surface area (Å²) in [6.45, 7) is 0.341. The van der Waals surface area contributed by atoms with Crippen LogP contribution in [-0.4, -0.2) is 37.0 Å². The highest BCUT2D eigenvalue weighted by Crippen LogP contribution is 2.10. The number of piperazine rings is 1. The van der Waals surface area contributed by atoms with Gasteiger partial charge in [-0.2, -0.15) is 0 Å². The van der Waals surface area contributed by atoms with Crippen molar-refractivity contribution in [3.63, 3.8) is 0 Å². The summed E-state index contributed by atoms with van der Waals surface area (Å²) < 4.78 is 5.02. The maximum atomic E-state index is 11.5. The normalized spacial score (nSPS) is 17.4. The fourth-order valence-electron chi connectivity index (χ4n) is 1.90. The minimum absolute atomic E-state index is 0.00804. The second kappa shape index (κ2) is 7.65. The van der Waals surface area contributed by atoms with Crippen molar-refractivity contribution in [2.75, 3.05) is 13.1 Å². The zero-order valence-corrected chi connectivity index (χ0v) is 12.5. The number of carbonyl (C=O) groups is 3. The highest BCUT2D eigenvalue weighted by atomic mass is 35.5. The molecule has 1 aromatic rings. The maximum Gasteiger partial charge on any atom is 0.407 e. The van der Waals surface area contributed by atoms with E-state index in [4.69, 9.17) is 16.3 Å². The number of rotatable bonds is 5. The number of ether oxygens (including phenoxy) is 1. The van der Waals surface area contributed by atoms with Crippen molar-refractivity contribution in [2.45, 2.75) is 19.1 Å². The fraction of sp³-hybridized carbons (Fsp3) is 0.357. The van der Waals surface area contributed by atoms with Gasteiger partial charge in [-0.05, 0) is 24.1 Å². The third kappa shape index (κ3) is 4.92. The standard InChI is InChI=1S/C14H16ClN3O4/c15-10-3-1-9(2-4-10)8-22-14(21)16-6-5-11-13(20)17-7-12(19)18-11/h1-4,11H,5-8H2,(H,16,21)(H,17,20)(H,18,19). The first-order valence-corrected chi connectivity index (χ1v) is 7.14. The molecule has 1 aromatic carbocycles. The van der Waals surface area contributed by atoms with E-state index in [-0.39, 0.29) is 31.5 Å². The van der Waals surface area contributed by atoms with Gasteiger partial charge in [0.2, 0.25) is 11.8 Å². The van der Waals surface area contributed by atoms with Gasteiger partial charge in [0, 0.05) is 11.6 Å². The molecule has 3 amide bonds. The van der Waals surface area contributed by atoms with Crippen LogP contribution in [0.1, 0.15) is 12.0 Å². The highest BCUT2D eigenvalue weighted by Gasteiger charge is 2.25. The van der Waals surface area contributed by atoms with Crippen LogP contribution in [0.3, 0.4) is 0 Å². The van der Waals surface area contributed by atoms with Crippen molar-refractivity contribution in [2.24, 2.45) is 0 Å². The number of hydrogen-bond acceptors (Lipinski definition) is 4. The van der Waals surface area contributed by atoms with Gasteiger partial charge in [-0.25, -0.2) is 4.79 Å². The van der Waals surface area contributed by atoms with Crippen molar-refractivity contribution in [1.82, 2.24) is 16.0 Å². The molecular formula is C14H16ClN3O4. The molecule has 1 fully saturated rings. The van der Waals surface area contributed by atoms with Gasteiger partial charge >= 0.3 is 6.09 Å². The van der Waals surface area contributed by atoms with E-state index in [1.54, 1.807) is 24.3 Å². The summed E-state index contributed by atoms with van der Waals surface area (Å²) in [7, 11) is 0. The van der Waals surface area contributed by atoms with E-state index in [9.17, 15) is 14.4 Å². The molecule has 0 saturated carbocycles. The topological polar surface area (TPSA) is 96.5 Å². The molecule has 1 heterocycles. The maximum absolute atomic E-state index is 11.5. The molecule has 0 spiro atoms. The molecule has 3 N–H and O–H groups in total. The molecule has 0 aromatic heterocycles. The van der Waals surface area contributed by atoms with E-state index in [0.717, 1.165) is 5.56 Å². The molecule has 0 aliphatic carbocycles. The van der Waals surface area contributed by atoms with Crippen LogP contribution in [-0.2, 0) is 20.9 Å². The Morgan fingerprint density at radius 1 is 1.32 bits per heavy atom. The van der Waals surface area contributed by atoms with E-state index in [0.29, 0.717) is 11.4 Å². The Bertz CT molecular complexity index is 562. The molecule has 1 unspecified atom stereocenters. The van der Waals surface area contributed by atoms with Crippen LogP contribution >= 0.6 is 11.6 Å². The van der Waals surface area contributed by atoms with Gasteiger partial charge < -0.3 is 20.7 Å². The lowest BCUT2D eigenvalue weighted by molar-refractivity contribution is -0.133. The van der Waals surface area contributed by atoms with Crippen LogP contribution in [0.4, 0.5) is 4.79 Å². The molecule has 8 heteroatoms. The van der Waals surface area contributed by atoms with Gasteiger partial charge in [0.05, 0.1) is 6.54 Å². The van der Waals surface area contributed by atoms with Gasteiger partial charge in [-0.15, -0.1) is 0 Å². The van der Waals surface area contributed by atoms with Gasteiger partial charge in [-0.1, -0.05) is 23.7 Å². The molecule has 1 aliphatic heterocycles. The van der Waals surface area contributed by atoms with Crippen LogP contribution in [0, 0.1) is 0 Å². The number of nitrogens with one attached hydrogen (secondary N) is 3. The average molecular weight is 326 g/mol. The lowest BCUT2D eigenvalue weighted by Crippen LogP contribution is -2.56. The quantitative estimate of drug-likeness (QED) is 0.737. The van der Waals surface area contributed by atoms with Crippen molar-refractivity contribution < 1.29 is 19.1 Å². The molecule has 7 nitrogen and oxygen atoms in total. The predicted molar refractivity (Wildman–Crippen MR) is 79.2 cm³/mol. The first-order chi connectivity index (χ1) is 10.5. The second-order valence-electron chi connectivity index (χ2n) is 4.76. The lowest BCUT2D eigenvalue weighted by Gasteiger charge is -2.23. The van der Waals surface area contributed by atoms with E-state index in [2.05, 4.69) is 16.0 Å². The Morgan fingerprint density at radius 3 is 2.77 bits per heavy atom.